The zero-order valence-electron chi connectivity index (χ0n) is 11.7. The SMILES string of the molecule is CC(N)CC(=O)N(C)Cc1ccccc1OC(F)(F)F.Cl. The molecule has 0 bridgehead atoms. The molecule has 0 saturated carbocycles. The Morgan fingerprint density at radius 2 is 1.95 bits per heavy atom. The van der Waals surface area contributed by atoms with E-state index in [-0.39, 0.29) is 48.6 Å². The Bertz CT molecular complexity index is 467. The third-order valence-corrected chi connectivity index (χ3v) is 2.53. The summed E-state index contributed by atoms with van der Waals surface area (Å²) in [7, 11) is 1.51. The number of alkyl halides is 3. The van der Waals surface area contributed by atoms with Gasteiger partial charge >= 0.3 is 6.36 Å². The third kappa shape index (κ3) is 7.19. The zero-order chi connectivity index (χ0) is 15.3. The van der Waals surface area contributed by atoms with Crippen molar-refractivity contribution >= 4 is 18.3 Å². The van der Waals surface area contributed by atoms with E-state index in [9.17, 15) is 18.0 Å². The van der Waals surface area contributed by atoms with Crippen molar-refractivity contribution in [3.8, 4) is 5.75 Å². The van der Waals surface area contributed by atoms with Crippen LogP contribution in [0.2, 0.25) is 0 Å². The second-order valence-corrected chi connectivity index (χ2v) is 4.59. The van der Waals surface area contributed by atoms with Crippen molar-refractivity contribution in [2.75, 3.05) is 7.05 Å². The molecule has 1 unspecified atom stereocenters. The Hall–Kier alpha value is -1.47. The predicted molar refractivity (Wildman–Crippen MR) is 75.1 cm³/mol. The zero-order valence-corrected chi connectivity index (χ0v) is 12.5. The van der Waals surface area contributed by atoms with E-state index in [0.29, 0.717) is 0 Å². The van der Waals surface area contributed by atoms with Gasteiger partial charge in [0.05, 0.1) is 0 Å². The van der Waals surface area contributed by atoms with Gasteiger partial charge in [-0.2, -0.15) is 0 Å². The Kier molecular flexibility index (Phi) is 7.52. The number of amides is 1. The highest BCUT2D eigenvalue weighted by molar-refractivity contribution is 5.85. The fraction of sp³-hybridized carbons (Fsp3) is 0.462. The molecule has 4 nitrogen and oxygen atoms in total. The summed E-state index contributed by atoms with van der Waals surface area (Å²) in [6.45, 7) is 1.71. The molecule has 0 aliphatic carbocycles. The summed E-state index contributed by atoms with van der Waals surface area (Å²) in [6.07, 6.45) is -4.62. The van der Waals surface area contributed by atoms with Crippen molar-refractivity contribution in [2.24, 2.45) is 5.73 Å². The number of hydrogen-bond donors (Lipinski definition) is 1. The van der Waals surface area contributed by atoms with Crippen LogP contribution in [0.5, 0.6) is 5.75 Å². The Morgan fingerprint density at radius 1 is 1.38 bits per heavy atom. The Labute approximate surface area is 127 Å². The minimum absolute atomic E-state index is 0. The summed E-state index contributed by atoms with van der Waals surface area (Å²) in [6, 6.07) is 5.42. The van der Waals surface area contributed by atoms with Gasteiger partial charge in [-0.25, -0.2) is 0 Å². The van der Waals surface area contributed by atoms with Crippen LogP contribution in [0.1, 0.15) is 18.9 Å². The molecule has 8 heteroatoms. The van der Waals surface area contributed by atoms with Crippen LogP contribution < -0.4 is 10.5 Å². The maximum absolute atomic E-state index is 12.3. The molecule has 1 amide bonds. The molecule has 1 rings (SSSR count). The molecule has 1 atom stereocenters. The highest BCUT2D eigenvalue weighted by Gasteiger charge is 2.32. The van der Waals surface area contributed by atoms with E-state index < -0.39 is 6.36 Å². The van der Waals surface area contributed by atoms with Crippen molar-refractivity contribution in [3.63, 3.8) is 0 Å². The van der Waals surface area contributed by atoms with Gasteiger partial charge in [-0.15, -0.1) is 25.6 Å². The van der Waals surface area contributed by atoms with Crippen molar-refractivity contribution in [1.29, 1.82) is 0 Å². The highest BCUT2D eigenvalue weighted by Crippen LogP contribution is 2.27. The number of halogens is 4. The highest BCUT2D eigenvalue weighted by atomic mass is 35.5. The summed E-state index contributed by atoms with van der Waals surface area (Å²) < 4.78 is 40.7. The lowest BCUT2D eigenvalue weighted by atomic mass is 10.1. The summed E-state index contributed by atoms with van der Waals surface area (Å²) in [5.41, 5.74) is 5.80. The van der Waals surface area contributed by atoms with Crippen molar-refractivity contribution in [2.45, 2.75) is 32.3 Å². The first-order chi connectivity index (χ1) is 9.19. The molecule has 0 aliphatic rings. The second-order valence-electron chi connectivity index (χ2n) is 4.59. The van der Waals surface area contributed by atoms with Crippen LogP contribution in [-0.4, -0.2) is 30.3 Å². The maximum atomic E-state index is 12.3. The number of nitrogens with zero attached hydrogens (tertiary/aromatic N) is 1. The van der Waals surface area contributed by atoms with Gasteiger partial charge in [-0.3, -0.25) is 4.79 Å². The van der Waals surface area contributed by atoms with E-state index in [1.54, 1.807) is 13.0 Å². The van der Waals surface area contributed by atoms with Crippen molar-refractivity contribution < 1.29 is 22.7 Å². The van der Waals surface area contributed by atoms with E-state index in [4.69, 9.17) is 5.73 Å². The van der Waals surface area contributed by atoms with Crippen LogP contribution in [0.15, 0.2) is 24.3 Å². The number of rotatable bonds is 5. The molecule has 0 saturated heterocycles. The van der Waals surface area contributed by atoms with Gasteiger partial charge in [0.25, 0.3) is 0 Å². The normalized spacial score (nSPS) is 12.3. The Balaban J connectivity index is 0.00000400. The molecule has 0 aromatic heterocycles. The predicted octanol–water partition coefficient (Wildman–Crippen LogP) is 2.70. The van der Waals surface area contributed by atoms with Crippen LogP contribution in [0.3, 0.4) is 0 Å². The number of carbonyl (C=O) groups is 1. The average Bonchev–Trinajstić information content (AvgIpc) is 2.28. The van der Waals surface area contributed by atoms with Crippen LogP contribution >= 0.6 is 12.4 Å². The molecular formula is C13H18ClF3N2O2. The number of carbonyl (C=O) groups excluding carboxylic acids is 1. The fourth-order valence-corrected chi connectivity index (χ4v) is 1.63. The molecule has 0 fully saturated rings. The van der Waals surface area contributed by atoms with E-state index in [1.807, 2.05) is 0 Å². The third-order valence-electron chi connectivity index (χ3n) is 2.53. The summed E-state index contributed by atoms with van der Waals surface area (Å²) in [5, 5.41) is 0. The van der Waals surface area contributed by atoms with Gasteiger partial charge in [0.15, 0.2) is 0 Å². The fourth-order valence-electron chi connectivity index (χ4n) is 1.63. The van der Waals surface area contributed by atoms with E-state index in [2.05, 4.69) is 4.74 Å². The van der Waals surface area contributed by atoms with Gasteiger partial charge in [-0.05, 0) is 13.0 Å². The monoisotopic (exact) mass is 326 g/mol. The van der Waals surface area contributed by atoms with Gasteiger partial charge in [0, 0.05) is 31.6 Å². The minimum Gasteiger partial charge on any atom is -0.405 e. The van der Waals surface area contributed by atoms with Crippen LogP contribution in [0, 0.1) is 0 Å². The molecule has 0 spiro atoms. The first-order valence-electron chi connectivity index (χ1n) is 6.02. The number of para-hydroxylation sites is 1. The average molecular weight is 327 g/mol. The van der Waals surface area contributed by atoms with E-state index >= 15 is 0 Å². The standard InChI is InChI=1S/C13H17F3N2O2.ClH/c1-9(17)7-12(19)18(2)8-10-5-3-4-6-11(10)20-13(14,15)16;/h3-6,9H,7-8,17H2,1-2H3;1H. The summed E-state index contributed by atoms with van der Waals surface area (Å²) >= 11 is 0. The van der Waals surface area contributed by atoms with Gasteiger partial charge in [0.1, 0.15) is 5.75 Å². The molecule has 2 N–H and O–H groups in total. The molecule has 0 radical (unpaired) electrons. The number of nitrogens with two attached hydrogens (primary N) is 1. The molecule has 1 aromatic rings. The van der Waals surface area contributed by atoms with Crippen molar-refractivity contribution in [3.05, 3.63) is 29.8 Å². The molecule has 1 aromatic carbocycles. The van der Waals surface area contributed by atoms with E-state index in [0.717, 1.165) is 0 Å². The maximum Gasteiger partial charge on any atom is 0.573 e. The Morgan fingerprint density at radius 3 is 2.48 bits per heavy atom. The summed E-state index contributed by atoms with van der Waals surface area (Å²) in [5.74, 6) is -0.540. The van der Waals surface area contributed by atoms with Gasteiger partial charge in [-0.1, -0.05) is 18.2 Å². The topological polar surface area (TPSA) is 55.6 Å². The number of benzene rings is 1. The quantitative estimate of drug-likeness (QED) is 0.905. The minimum atomic E-state index is -4.76. The largest absolute Gasteiger partial charge is 0.573 e. The molecular weight excluding hydrogens is 309 g/mol. The second kappa shape index (κ2) is 8.09. The molecule has 0 heterocycles. The number of ether oxygens (including phenoxy) is 1. The summed E-state index contributed by atoms with van der Waals surface area (Å²) in [4.78, 5) is 13.1. The first kappa shape index (κ1) is 19.5. The molecule has 21 heavy (non-hydrogen) atoms. The van der Waals surface area contributed by atoms with Gasteiger partial charge in [0.2, 0.25) is 5.91 Å². The molecule has 120 valence electrons. The van der Waals surface area contributed by atoms with E-state index in [1.165, 1.54) is 30.1 Å². The number of hydrogen-bond acceptors (Lipinski definition) is 3. The van der Waals surface area contributed by atoms with Crippen LogP contribution in [-0.2, 0) is 11.3 Å². The lowest BCUT2D eigenvalue weighted by Crippen LogP contribution is -2.31. The van der Waals surface area contributed by atoms with Crippen molar-refractivity contribution in [1.82, 2.24) is 4.90 Å². The molecule has 0 aliphatic heterocycles. The lowest BCUT2D eigenvalue weighted by Gasteiger charge is -2.20. The smallest absolute Gasteiger partial charge is 0.405 e. The lowest BCUT2D eigenvalue weighted by molar-refractivity contribution is -0.275. The first-order valence-corrected chi connectivity index (χ1v) is 6.02. The van der Waals surface area contributed by atoms with Crippen LogP contribution in [0.25, 0.3) is 0 Å². The van der Waals surface area contributed by atoms with Crippen LogP contribution in [0.4, 0.5) is 13.2 Å². The van der Waals surface area contributed by atoms with Gasteiger partial charge < -0.3 is 15.4 Å².